The normalized spacial score (nSPS) is 8.73. The van der Waals surface area contributed by atoms with Crippen LogP contribution >= 0.6 is 0 Å². The summed E-state index contributed by atoms with van der Waals surface area (Å²) in [6.07, 6.45) is 0. The number of carbonyl (C=O) groups excluding carboxylic acids is 1. The highest BCUT2D eigenvalue weighted by Crippen LogP contribution is 2.09. The molecule has 0 spiro atoms. The molecule has 15 heavy (non-hydrogen) atoms. The van der Waals surface area contributed by atoms with Crippen molar-refractivity contribution in [2.75, 3.05) is 12.3 Å². The van der Waals surface area contributed by atoms with Gasteiger partial charge in [0.1, 0.15) is 0 Å². The van der Waals surface area contributed by atoms with E-state index in [0.717, 1.165) is 0 Å². The summed E-state index contributed by atoms with van der Waals surface area (Å²) in [6.45, 7) is 6.22. The SMILES string of the molecule is CC.CCONC(=O)c1ccccc1N. The summed E-state index contributed by atoms with van der Waals surface area (Å²) in [5.74, 6) is -0.319. The fourth-order valence-electron chi connectivity index (χ4n) is 0.896. The average Bonchev–Trinajstić information content (AvgIpc) is 2.29. The third kappa shape index (κ3) is 4.46. The van der Waals surface area contributed by atoms with Crippen LogP contribution in [0.1, 0.15) is 31.1 Å². The van der Waals surface area contributed by atoms with E-state index in [1.54, 1.807) is 31.2 Å². The molecule has 3 N–H and O–H groups in total. The zero-order valence-electron chi connectivity index (χ0n) is 9.41. The molecule has 84 valence electrons. The highest BCUT2D eigenvalue weighted by molar-refractivity contribution is 5.98. The second-order valence-corrected chi connectivity index (χ2v) is 2.45. The van der Waals surface area contributed by atoms with Gasteiger partial charge in [0.25, 0.3) is 5.91 Å². The first-order valence-corrected chi connectivity index (χ1v) is 5.02. The van der Waals surface area contributed by atoms with Crippen molar-refractivity contribution in [2.24, 2.45) is 0 Å². The molecule has 4 nitrogen and oxygen atoms in total. The lowest BCUT2D eigenvalue weighted by atomic mass is 10.2. The van der Waals surface area contributed by atoms with E-state index in [1.165, 1.54) is 0 Å². The summed E-state index contributed by atoms with van der Waals surface area (Å²) in [7, 11) is 0. The summed E-state index contributed by atoms with van der Waals surface area (Å²) >= 11 is 0. The Balaban J connectivity index is 0.000000921. The zero-order chi connectivity index (χ0) is 11.7. The van der Waals surface area contributed by atoms with E-state index < -0.39 is 0 Å². The molecular weight excluding hydrogens is 192 g/mol. The Hall–Kier alpha value is -1.55. The fourth-order valence-corrected chi connectivity index (χ4v) is 0.896. The molecule has 0 aliphatic heterocycles. The number of hydroxylamine groups is 1. The number of rotatable bonds is 3. The van der Waals surface area contributed by atoms with Gasteiger partial charge in [-0.1, -0.05) is 26.0 Å². The molecule has 0 saturated carbocycles. The van der Waals surface area contributed by atoms with Crippen LogP contribution in [0.5, 0.6) is 0 Å². The zero-order valence-corrected chi connectivity index (χ0v) is 9.41. The predicted molar refractivity (Wildman–Crippen MR) is 61.3 cm³/mol. The lowest BCUT2D eigenvalue weighted by molar-refractivity contribution is 0.0365. The van der Waals surface area contributed by atoms with Crippen molar-refractivity contribution < 1.29 is 9.63 Å². The molecule has 1 aromatic carbocycles. The number of para-hydroxylation sites is 1. The molecule has 0 fully saturated rings. The molecule has 0 aromatic heterocycles. The Kier molecular flexibility index (Phi) is 7.01. The van der Waals surface area contributed by atoms with Gasteiger partial charge < -0.3 is 5.73 Å². The lowest BCUT2D eigenvalue weighted by Crippen LogP contribution is -2.24. The monoisotopic (exact) mass is 210 g/mol. The summed E-state index contributed by atoms with van der Waals surface area (Å²) in [4.78, 5) is 16.1. The Morgan fingerprint density at radius 2 is 2.00 bits per heavy atom. The topological polar surface area (TPSA) is 64.3 Å². The fraction of sp³-hybridized carbons (Fsp3) is 0.364. The Morgan fingerprint density at radius 1 is 1.40 bits per heavy atom. The van der Waals surface area contributed by atoms with Crippen LogP contribution in [0.2, 0.25) is 0 Å². The molecular formula is C11H18N2O2. The highest BCUT2D eigenvalue weighted by atomic mass is 16.6. The number of hydrogen-bond acceptors (Lipinski definition) is 3. The number of nitrogen functional groups attached to an aromatic ring is 1. The minimum atomic E-state index is -0.319. The van der Waals surface area contributed by atoms with Crippen molar-refractivity contribution in [3.05, 3.63) is 29.8 Å². The summed E-state index contributed by atoms with van der Waals surface area (Å²) < 4.78 is 0. The third-order valence-electron chi connectivity index (χ3n) is 1.51. The Labute approximate surface area is 90.4 Å². The van der Waals surface area contributed by atoms with Gasteiger partial charge in [-0.05, 0) is 19.1 Å². The number of hydrogen-bond donors (Lipinski definition) is 2. The maximum absolute atomic E-state index is 11.3. The second-order valence-electron chi connectivity index (χ2n) is 2.45. The van der Waals surface area contributed by atoms with Crippen molar-refractivity contribution in [3.63, 3.8) is 0 Å². The minimum Gasteiger partial charge on any atom is -0.398 e. The predicted octanol–water partition coefficient (Wildman–Crippen LogP) is 1.98. The largest absolute Gasteiger partial charge is 0.398 e. The standard InChI is InChI=1S/C9H12N2O2.C2H6/c1-2-13-11-9(12)7-5-3-4-6-8(7)10;1-2/h3-6H,2,10H2,1H3,(H,11,12);1-2H3. The van der Waals surface area contributed by atoms with Crippen LogP contribution in [-0.4, -0.2) is 12.5 Å². The van der Waals surface area contributed by atoms with E-state index in [2.05, 4.69) is 5.48 Å². The van der Waals surface area contributed by atoms with Gasteiger partial charge in [0.05, 0.1) is 12.2 Å². The highest BCUT2D eigenvalue weighted by Gasteiger charge is 2.07. The third-order valence-corrected chi connectivity index (χ3v) is 1.51. The molecule has 0 aliphatic carbocycles. The van der Waals surface area contributed by atoms with Gasteiger partial charge in [-0.25, -0.2) is 5.48 Å². The van der Waals surface area contributed by atoms with Crippen LogP contribution in [0, 0.1) is 0 Å². The lowest BCUT2D eigenvalue weighted by Gasteiger charge is -2.05. The molecule has 1 rings (SSSR count). The van der Waals surface area contributed by atoms with Gasteiger partial charge in [-0.3, -0.25) is 9.63 Å². The van der Waals surface area contributed by atoms with Crippen LogP contribution in [0.15, 0.2) is 24.3 Å². The summed E-state index contributed by atoms with van der Waals surface area (Å²) in [5, 5.41) is 0. The number of benzene rings is 1. The maximum atomic E-state index is 11.3. The van der Waals surface area contributed by atoms with Crippen LogP contribution in [-0.2, 0) is 4.84 Å². The van der Waals surface area contributed by atoms with Crippen LogP contribution in [0.25, 0.3) is 0 Å². The molecule has 1 aromatic rings. The van der Waals surface area contributed by atoms with Gasteiger partial charge >= 0.3 is 0 Å². The minimum absolute atomic E-state index is 0.319. The Bertz CT molecular complexity index is 300. The molecule has 0 bridgehead atoms. The first-order valence-electron chi connectivity index (χ1n) is 5.02. The van der Waals surface area contributed by atoms with Crippen molar-refractivity contribution >= 4 is 11.6 Å². The van der Waals surface area contributed by atoms with Crippen molar-refractivity contribution in [2.45, 2.75) is 20.8 Å². The number of nitrogens with one attached hydrogen (secondary N) is 1. The first kappa shape index (κ1) is 13.4. The smallest absolute Gasteiger partial charge is 0.276 e. The summed E-state index contributed by atoms with van der Waals surface area (Å²) in [5.41, 5.74) is 8.72. The van der Waals surface area contributed by atoms with Crippen LogP contribution in [0.3, 0.4) is 0 Å². The quantitative estimate of drug-likeness (QED) is 0.592. The van der Waals surface area contributed by atoms with Gasteiger partial charge in [0, 0.05) is 5.69 Å². The number of carbonyl (C=O) groups is 1. The van der Waals surface area contributed by atoms with E-state index >= 15 is 0 Å². The molecule has 4 heteroatoms. The molecule has 0 atom stereocenters. The van der Waals surface area contributed by atoms with E-state index in [-0.39, 0.29) is 5.91 Å². The number of amides is 1. The Morgan fingerprint density at radius 3 is 2.53 bits per heavy atom. The first-order chi connectivity index (χ1) is 7.25. The molecule has 0 unspecified atom stereocenters. The van der Waals surface area contributed by atoms with E-state index in [4.69, 9.17) is 10.6 Å². The molecule has 0 aliphatic rings. The molecule has 0 radical (unpaired) electrons. The van der Waals surface area contributed by atoms with Gasteiger partial charge in [-0.15, -0.1) is 0 Å². The maximum Gasteiger partial charge on any atom is 0.276 e. The second kappa shape index (κ2) is 7.82. The van der Waals surface area contributed by atoms with E-state index in [0.29, 0.717) is 17.9 Å². The van der Waals surface area contributed by atoms with E-state index in [9.17, 15) is 4.79 Å². The summed E-state index contributed by atoms with van der Waals surface area (Å²) in [6, 6.07) is 6.83. The number of nitrogens with two attached hydrogens (primary N) is 1. The average molecular weight is 210 g/mol. The number of anilines is 1. The van der Waals surface area contributed by atoms with Crippen molar-refractivity contribution in [1.29, 1.82) is 0 Å². The van der Waals surface area contributed by atoms with Gasteiger partial charge in [0.15, 0.2) is 0 Å². The van der Waals surface area contributed by atoms with Crippen molar-refractivity contribution in [3.8, 4) is 0 Å². The molecule has 0 heterocycles. The van der Waals surface area contributed by atoms with Crippen LogP contribution in [0.4, 0.5) is 5.69 Å². The van der Waals surface area contributed by atoms with E-state index in [1.807, 2.05) is 13.8 Å². The molecule has 1 amide bonds. The van der Waals surface area contributed by atoms with Gasteiger partial charge in [0.2, 0.25) is 0 Å². The van der Waals surface area contributed by atoms with Crippen LogP contribution < -0.4 is 11.2 Å². The van der Waals surface area contributed by atoms with Gasteiger partial charge in [-0.2, -0.15) is 0 Å². The molecule has 0 saturated heterocycles. The van der Waals surface area contributed by atoms with Crippen molar-refractivity contribution in [1.82, 2.24) is 5.48 Å².